The van der Waals surface area contributed by atoms with Crippen molar-refractivity contribution in [3.63, 3.8) is 0 Å². The summed E-state index contributed by atoms with van der Waals surface area (Å²) in [7, 11) is 0. The average molecular weight is 379 g/mol. The molecule has 2 aromatic carbocycles. The van der Waals surface area contributed by atoms with Gasteiger partial charge in [-0.25, -0.2) is 0 Å². The summed E-state index contributed by atoms with van der Waals surface area (Å²) < 4.78 is 38.6. The quantitative estimate of drug-likeness (QED) is 0.589. The Morgan fingerprint density at radius 3 is 2.33 bits per heavy atom. The fourth-order valence-corrected chi connectivity index (χ4v) is 3.29. The molecule has 0 bridgehead atoms. The maximum Gasteiger partial charge on any atom is 0.416 e. The summed E-state index contributed by atoms with van der Waals surface area (Å²) in [5.74, 6) is 0. The minimum Gasteiger partial charge on any atom is -0.363 e. The van der Waals surface area contributed by atoms with E-state index in [1.54, 1.807) is 4.90 Å². The van der Waals surface area contributed by atoms with Crippen LogP contribution in [0.1, 0.15) is 16.7 Å². The highest BCUT2D eigenvalue weighted by Gasteiger charge is 2.34. The van der Waals surface area contributed by atoms with Crippen LogP contribution in [0.5, 0.6) is 0 Å². The van der Waals surface area contributed by atoms with Crippen molar-refractivity contribution in [1.82, 2.24) is 4.90 Å². The minimum absolute atomic E-state index is 0.239. The fraction of sp³-hybridized carbons (Fsp3) is 0.368. The molecule has 0 aliphatic carbocycles. The number of anilines is 1. The molecular formula is C19H20F3N3O2. The summed E-state index contributed by atoms with van der Waals surface area (Å²) in [5.41, 5.74) is 1.17. The van der Waals surface area contributed by atoms with Gasteiger partial charge in [-0.1, -0.05) is 24.3 Å². The third kappa shape index (κ3) is 4.39. The molecule has 0 unspecified atom stereocenters. The second-order valence-corrected chi connectivity index (χ2v) is 6.65. The molecular weight excluding hydrogens is 359 g/mol. The molecule has 1 aliphatic heterocycles. The van der Waals surface area contributed by atoms with Gasteiger partial charge in [0.2, 0.25) is 0 Å². The molecule has 8 heteroatoms. The van der Waals surface area contributed by atoms with Crippen LogP contribution in [-0.2, 0) is 12.7 Å². The van der Waals surface area contributed by atoms with Gasteiger partial charge in [0.05, 0.1) is 10.5 Å². The smallest absolute Gasteiger partial charge is 0.363 e. The van der Waals surface area contributed by atoms with Crippen LogP contribution in [0, 0.1) is 17.0 Å². The molecule has 3 rings (SSSR count). The lowest BCUT2D eigenvalue weighted by molar-refractivity contribution is -0.384. The standard InChI is InChI=1S/C19H20F3N3O2/c1-14-4-2-3-5-15(14)13-23-8-10-24(11-9-23)17-7-6-16(19(20,21)22)12-18(17)25(26)27/h2-7,12H,8-11,13H2,1H3. The first kappa shape index (κ1) is 19.2. The number of nitro benzene ring substituents is 1. The number of hydrogen-bond acceptors (Lipinski definition) is 4. The molecule has 0 aromatic heterocycles. The third-order valence-corrected chi connectivity index (χ3v) is 4.87. The fourth-order valence-electron chi connectivity index (χ4n) is 3.29. The molecule has 0 amide bonds. The number of halogens is 3. The van der Waals surface area contributed by atoms with Crippen LogP contribution in [0.25, 0.3) is 0 Å². The monoisotopic (exact) mass is 379 g/mol. The first-order chi connectivity index (χ1) is 12.8. The van der Waals surface area contributed by atoms with E-state index in [-0.39, 0.29) is 5.69 Å². The van der Waals surface area contributed by atoms with E-state index in [2.05, 4.69) is 24.0 Å². The average Bonchev–Trinajstić information content (AvgIpc) is 2.63. The second-order valence-electron chi connectivity index (χ2n) is 6.65. The maximum absolute atomic E-state index is 12.9. The number of nitro groups is 1. The zero-order valence-corrected chi connectivity index (χ0v) is 14.9. The van der Waals surface area contributed by atoms with Gasteiger partial charge in [-0.2, -0.15) is 13.2 Å². The van der Waals surface area contributed by atoms with Crippen LogP contribution < -0.4 is 4.90 Å². The molecule has 0 spiro atoms. The highest BCUT2D eigenvalue weighted by Crippen LogP contribution is 2.36. The number of nitrogens with zero attached hydrogens (tertiary/aromatic N) is 3. The van der Waals surface area contributed by atoms with E-state index in [1.165, 1.54) is 17.2 Å². The first-order valence-corrected chi connectivity index (χ1v) is 8.63. The van der Waals surface area contributed by atoms with Gasteiger partial charge in [-0.3, -0.25) is 15.0 Å². The Hall–Kier alpha value is -2.61. The number of benzene rings is 2. The predicted octanol–water partition coefficient (Wildman–Crippen LogP) is 4.24. The molecule has 1 heterocycles. The van der Waals surface area contributed by atoms with Gasteiger partial charge in [0.25, 0.3) is 5.69 Å². The summed E-state index contributed by atoms with van der Waals surface area (Å²) in [6, 6.07) is 10.8. The number of piperazine rings is 1. The summed E-state index contributed by atoms with van der Waals surface area (Å²) in [6.45, 7) is 5.27. The Bertz CT molecular complexity index is 831. The highest BCUT2D eigenvalue weighted by atomic mass is 19.4. The van der Waals surface area contributed by atoms with E-state index in [9.17, 15) is 23.3 Å². The van der Waals surface area contributed by atoms with Crippen molar-refractivity contribution in [3.8, 4) is 0 Å². The van der Waals surface area contributed by atoms with Crippen LogP contribution in [0.4, 0.5) is 24.5 Å². The van der Waals surface area contributed by atoms with E-state index >= 15 is 0 Å². The largest absolute Gasteiger partial charge is 0.416 e. The lowest BCUT2D eigenvalue weighted by Crippen LogP contribution is -2.46. The van der Waals surface area contributed by atoms with Crippen LogP contribution in [0.2, 0.25) is 0 Å². The Morgan fingerprint density at radius 1 is 1.07 bits per heavy atom. The molecule has 1 fully saturated rings. The van der Waals surface area contributed by atoms with Gasteiger partial charge in [0, 0.05) is 38.8 Å². The lowest BCUT2D eigenvalue weighted by Gasteiger charge is -2.36. The van der Waals surface area contributed by atoms with E-state index in [1.807, 2.05) is 12.1 Å². The van der Waals surface area contributed by atoms with Crippen LogP contribution >= 0.6 is 0 Å². The molecule has 2 aromatic rings. The Kier molecular flexibility index (Phi) is 5.36. The van der Waals surface area contributed by atoms with E-state index in [0.717, 1.165) is 12.6 Å². The molecule has 0 radical (unpaired) electrons. The van der Waals surface area contributed by atoms with Gasteiger partial charge in [0.1, 0.15) is 5.69 Å². The van der Waals surface area contributed by atoms with Crippen molar-refractivity contribution in [2.75, 3.05) is 31.1 Å². The van der Waals surface area contributed by atoms with Crippen molar-refractivity contribution < 1.29 is 18.1 Å². The number of alkyl halides is 3. The summed E-state index contributed by atoms with van der Waals surface area (Å²) >= 11 is 0. The molecule has 5 nitrogen and oxygen atoms in total. The molecule has 0 N–H and O–H groups in total. The van der Waals surface area contributed by atoms with Gasteiger partial charge in [0.15, 0.2) is 0 Å². The van der Waals surface area contributed by atoms with Crippen molar-refractivity contribution in [3.05, 3.63) is 69.3 Å². The summed E-state index contributed by atoms with van der Waals surface area (Å²) in [5, 5.41) is 11.3. The van der Waals surface area contributed by atoms with Crippen LogP contribution in [0.15, 0.2) is 42.5 Å². The normalized spacial score (nSPS) is 15.8. The second kappa shape index (κ2) is 7.56. The topological polar surface area (TPSA) is 49.6 Å². The van der Waals surface area contributed by atoms with E-state index in [0.29, 0.717) is 32.2 Å². The van der Waals surface area contributed by atoms with Gasteiger partial charge in [-0.05, 0) is 30.2 Å². The molecule has 1 aliphatic rings. The number of hydrogen-bond donors (Lipinski definition) is 0. The Morgan fingerprint density at radius 2 is 1.74 bits per heavy atom. The summed E-state index contributed by atoms with van der Waals surface area (Å²) in [4.78, 5) is 14.6. The Balaban J connectivity index is 1.72. The third-order valence-electron chi connectivity index (χ3n) is 4.87. The zero-order chi connectivity index (χ0) is 19.6. The van der Waals surface area contributed by atoms with Gasteiger partial charge < -0.3 is 4.90 Å². The number of rotatable bonds is 4. The maximum atomic E-state index is 12.9. The predicted molar refractivity (Wildman–Crippen MR) is 96.8 cm³/mol. The van der Waals surface area contributed by atoms with Gasteiger partial charge in [-0.15, -0.1) is 0 Å². The van der Waals surface area contributed by atoms with Crippen molar-refractivity contribution in [2.45, 2.75) is 19.6 Å². The van der Waals surface area contributed by atoms with Crippen LogP contribution in [-0.4, -0.2) is 36.0 Å². The summed E-state index contributed by atoms with van der Waals surface area (Å²) in [6.07, 6.45) is -4.60. The SMILES string of the molecule is Cc1ccccc1CN1CCN(c2ccc(C(F)(F)F)cc2[N+](=O)[O-])CC1. The molecule has 144 valence electrons. The van der Waals surface area contributed by atoms with Gasteiger partial charge >= 0.3 is 6.18 Å². The Labute approximate surface area is 155 Å². The lowest BCUT2D eigenvalue weighted by atomic mass is 10.1. The molecule has 0 saturated carbocycles. The van der Waals surface area contributed by atoms with Crippen molar-refractivity contribution in [2.24, 2.45) is 0 Å². The highest BCUT2D eigenvalue weighted by molar-refractivity contribution is 5.65. The molecule has 27 heavy (non-hydrogen) atoms. The minimum atomic E-state index is -4.60. The van der Waals surface area contributed by atoms with Crippen molar-refractivity contribution >= 4 is 11.4 Å². The molecule has 0 atom stereocenters. The van der Waals surface area contributed by atoms with E-state index in [4.69, 9.17) is 0 Å². The van der Waals surface area contributed by atoms with E-state index < -0.39 is 22.4 Å². The first-order valence-electron chi connectivity index (χ1n) is 8.63. The molecule has 1 saturated heterocycles. The zero-order valence-electron chi connectivity index (χ0n) is 14.9. The van der Waals surface area contributed by atoms with Crippen LogP contribution in [0.3, 0.4) is 0 Å². The van der Waals surface area contributed by atoms with Crippen molar-refractivity contribution in [1.29, 1.82) is 0 Å². The number of aryl methyl sites for hydroxylation is 1.